The summed E-state index contributed by atoms with van der Waals surface area (Å²) < 4.78 is 35.2. The minimum Gasteiger partial charge on any atom is -0.493 e. The van der Waals surface area contributed by atoms with Crippen molar-refractivity contribution in [2.24, 2.45) is 0 Å². The van der Waals surface area contributed by atoms with Crippen LogP contribution < -0.4 is 28.4 Å². The Morgan fingerprint density at radius 1 is 0.337 bits per heavy atom. The van der Waals surface area contributed by atoms with Crippen LogP contribution >= 0.6 is 58.0 Å². The van der Waals surface area contributed by atoms with E-state index in [0.717, 1.165) is 22.1 Å². The van der Waals surface area contributed by atoms with Crippen molar-refractivity contribution < 1.29 is 33.2 Å². The molecular weight excluding hydrogens is 1310 g/mol. The van der Waals surface area contributed by atoms with Crippen molar-refractivity contribution in [3.63, 3.8) is 0 Å². The molecule has 7 aromatic carbocycles. The van der Waals surface area contributed by atoms with Crippen LogP contribution in [0.2, 0.25) is 26.4 Å². The Hall–Kier alpha value is -9.96. The molecule has 0 N–H and O–H groups in total. The van der Waals surface area contributed by atoms with E-state index in [1.165, 1.54) is 11.5 Å². The molecule has 0 bridgehead atoms. The second kappa shape index (κ2) is 43.8. The van der Waals surface area contributed by atoms with E-state index < -0.39 is 0 Å². The molecule has 0 unspecified atom stereocenters. The molecule has 0 fully saturated rings. The lowest BCUT2D eigenvalue weighted by Gasteiger charge is -2.11. The number of carbonyl (C=O) groups excluding carboxylic acids is 1. The van der Waals surface area contributed by atoms with Crippen LogP contribution in [-0.4, -0.2) is 76.9 Å². The van der Waals surface area contributed by atoms with Gasteiger partial charge in [0.2, 0.25) is 32.3 Å². The first-order chi connectivity index (χ1) is 46.4. The lowest BCUT2D eigenvalue weighted by molar-refractivity contribution is 0.0938. The zero-order chi connectivity index (χ0) is 69.3. The first-order valence-corrected chi connectivity index (χ1v) is 32.1. The number of rotatable bonds is 14. The average molecular weight is 1380 g/mol. The van der Waals surface area contributed by atoms with E-state index in [0.29, 0.717) is 46.9 Å². The summed E-state index contributed by atoms with van der Waals surface area (Å²) in [5.74, 6) is 4.39. The minimum atomic E-state index is -0.146. The number of carbonyl (C=O) groups is 1. The van der Waals surface area contributed by atoms with Gasteiger partial charge in [-0.15, -0.1) is 19.9 Å². The third kappa shape index (κ3) is 26.2. The molecule has 25 heteroatoms. The van der Waals surface area contributed by atoms with Gasteiger partial charge in [0, 0.05) is 24.1 Å². The van der Waals surface area contributed by atoms with E-state index in [2.05, 4.69) is 59.8 Å². The summed E-state index contributed by atoms with van der Waals surface area (Å²) in [5, 5.41) is 2.09. The van der Waals surface area contributed by atoms with Crippen LogP contribution in [0.5, 0.6) is 64.5 Å². The molecule has 0 aliphatic rings. The Bertz CT molecular complexity index is 3900. The van der Waals surface area contributed by atoms with Gasteiger partial charge in [-0.05, 0) is 155 Å². The Labute approximate surface area is 578 Å². The van der Waals surface area contributed by atoms with Crippen molar-refractivity contribution in [2.75, 3.05) is 6.61 Å². The van der Waals surface area contributed by atoms with Crippen molar-refractivity contribution in [3.8, 4) is 87.5 Å². The van der Waals surface area contributed by atoms with Crippen LogP contribution in [0.4, 0.5) is 0 Å². The fraction of sp³-hybridized carbons (Fsp3) is 0.186. The standard InChI is InChI=1S/C21H15N3O3.C15H11Cl2N3O.C15H10ClN3O2.C9H6Cl2N4O.5C2H6/c1-4-10-16(11-5-1)25-19-22-20(26-17-12-6-2-7-13-17)24-21(23-19)27-18-14-8-3-9-15-18;1-2-21-12-8-7-11(9-5-3-4-6-10(9)12)13-18-14(16)20-15(17)19-13;16-13-17-14(20-11-7-3-1-4-8-11)19-15(18-13)21-12-9-5-2-6-10-12;1-5(16)15-4-2-3-6(15)7-12-8(10)14-9(11)13-7;5*1-2/h1-15H;3-8H,2H2,1H3;1-10H;2-4H,1H3;5*1-2H3. The van der Waals surface area contributed by atoms with Crippen LogP contribution in [0, 0.1) is 0 Å². The summed E-state index contributed by atoms with van der Waals surface area (Å²) in [6.45, 7) is 24.0. The molecule has 0 radical (unpaired) electrons. The van der Waals surface area contributed by atoms with Crippen molar-refractivity contribution >= 4 is 74.7 Å². The maximum absolute atomic E-state index is 11.3. The van der Waals surface area contributed by atoms with Gasteiger partial charge in [0.15, 0.2) is 11.6 Å². The van der Waals surface area contributed by atoms with E-state index >= 15 is 0 Å². The maximum Gasteiger partial charge on any atom is 0.331 e. The Balaban J connectivity index is 0.000000261. The third-order valence-electron chi connectivity index (χ3n) is 10.8. The van der Waals surface area contributed by atoms with Crippen LogP contribution in [0.25, 0.3) is 33.7 Å². The maximum atomic E-state index is 11.3. The number of aromatic nitrogens is 13. The van der Waals surface area contributed by atoms with Gasteiger partial charge in [0.25, 0.3) is 0 Å². The predicted octanol–water partition coefficient (Wildman–Crippen LogP) is 21.2. The lowest BCUT2D eigenvalue weighted by atomic mass is 10.0. The van der Waals surface area contributed by atoms with Crippen molar-refractivity contribution in [1.82, 2.24) is 64.4 Å². The largest absolute Gasteiger partial charge is 0.493 e. The van der Waals surface area contributed by atoms with Gasteiger partial charge in [-0.3, -0.25) is 9.36 Å². The van der Waals surface area contributed by atoms with Gasteiger partial charge in [0.1, 0.15) is 34.5 Å². The van der Waals surface area contributed by atoms with E-state index in [9.17, 15) is 4.79 Å². The van der Waals surface area contributed by atoms with Crippen LogP contribution in [0.1, 0.15) is 87.9 Å². The van der Waals surface area contributed by atoms with Gasteiger partial charge in [-0.1, -0.05) is 184 Å². The summed E-state index contributed by atoms with van der Waals surface area (Å²) in [4.78, 5) is 59.4. The molecule has 0 saturated carbocycles. The number of halogens is 5. The summed E-state index contributed by atoms with van der Waals surface area (Å²) in [5.41, 5.74) is 1.36. The summed E-state index contributed by atoms with van der Waals surface area (Å²) in [6, 6.07) is 61.5. The van der Waals surface area contributed by atoms with Crippen LogP contribution in [-0.2, 0) is 0 Å². The van der Waals surface area contributed by atoms with Gasteiger partial charge >= 0.3 is 30.1 Å². The van der Waals surface area contributed by atoms with Crippen molar-refractivity contribution in [3.05, 3.63) is 233 Å². The summed E-state index contributed by atoms with van der Waals surface area (Å²) >= 11 is 28.9. The molecule has 12 aromatic rings. The minimum absolute atomic E-state index is 0.00172. The summed E-state index contributed by atoms with van der Waals surface area (Å²) in [7, 11) is 0. The number of ether oxygens (including phenoxy) is 6. The second-order valence-electron chi connectivity index (χ2n) is 16.7. The van der Waals surface area contributed by atoms with E-state index in [1.54, 1.807) is 79.0 Å². The van der Waals surface area contributed by atoms with Crippen molar-refractivity contribution in [1.29, 1.82) is 0 Å². The smallest absolute Gasteiger partial charge is 0.331 e. The van der Waals surface area contributed by atoms with E-state index in [1.807, 2.05) is 204 Å². The third-order valence-corrected chi connectivity index (χ3v) is 11.7. The fourth-order valence-corrected chi connectivity index (χ4v) is 8.18. The highest BCUT2D eigenvalue weighted by Gasteiger charge is 2.16. The molecule has 5 heterocycles. The Morgan fingerprint density at radius 2 is 0.632 bits per heavy atom. The highest BCUT2D eigenvalue weighted by Crippen LogP contribution is 2.34. The number of benzene rings is 7. The normalized spacial score (nSPS) is 9.61. The molecule has 0 spiro atoms. The first-order valence-electron chi connectivity index (χ1n) is 30.2. The fourth-order valence-electron chi connectivity index (χ4n) is 7.31. The second-order valence-corrected chi connectivity index (χ2v) is 18.4. The topological polar surface area (TPSA) is 232 Å². The highest BCUT2D eigenvalue weighted by molar-refractivity contribution is 6.31. The predicted molar refractivity (Wildman–Crippen MR) is 378 cm³/mol. The molecule has 12 rings (SSSR count). The molecule has 0 saturated heterocycles. The lowest BCUT2D eigenvalue weighted by Crippen LogP contribution is -2.07. The van der Waals surface area contributed by atoms with Gasteiger partial charge in [0.05, 0.1) is 12.3 Å². The Kier molecular flexibility index (Phi) is 35.7. The molecule has 0 aliphatic carbocycles. The zero-order valence-electron chi connectivity index (χ0n) is 54.4. The molecule has 20 nitrogen and oxygen atoms in total. The zero-order valence-corrected chi connectivity index (χ0v) is 58.2. The number of nitrogens with zero attached hydrogens (tertiary/aromatic N) is 13. The van der Waals surface area contributed by atoms with Crippen LogP contribution in [0.3, 0.4) is 0 Å². The Morgan fingerprint density at radius 3 is 0.958 bits per heavy atom. The quantitative estimate of drug-likeness (QED) is 0.0984. The first kappa shape index (κ1) is 77.5. The van der Waals surface area contributed by atoms with Gasteiger partial charge in [-0.2, -0.15) is 39.9 Å². The highest BCUT2D eigenvalue weighted by atomic mass is 35.5. The van der Waals surface area contributed by atoms with E-state index in [4.69, 9.17) is 86.4 Å². The molecule has 5 aromatic heterocycles. The monoisotopic (exact) mass is 1380 g/mol. The molecular formula is C70H72Cl5N13O7. The van der Waals surface area contributed by atoms with Crippen molar-refractivity contribution in [2.45, 2.75) is 83.1 Å². The average Bonchev–Trinajstić information content (AvgIpc) is 1.12. The summed E-state index contributed by atoms with van der Waals surface area (Å²) in [6.07, 6.45) is 1.61. The molecule has 0 aliphatic heterocycles. The molecule has 95 heavy (non-hydrogen) atoms. The number of fused-ring (bicyclic) bond motifs is 1. The van der Waals surface area contributed by atoms with E-state index in [-0.39, 0.29) is 68.2 Å². The number of hydrogen-bond acceptors (Lipinski definition) is 19. The SMILES string of the molecule is CC.CC.CC.CC.CC.CC(=O)n1cccc1-c1nc(Cl)nc(Cl)n1.CCOc1ccc(-c2nc(Cl)nc(Cl)n2)c2ccccc12.Clc1nc(Oc2ccccc2)nc(Oc2ccccc2)n1.c1ccc(Oc2nc(Oc3ccccc3)nc(Oc3ccccc3)n2)cc1. The van der Waals surface area contributed by atoms with Gasteiger partial charge < -0.3 is 28.4 Å². The molecule has 0 amide bonds. The van der Waals surface area contributed by atoms with Gasteiger partial charge in [-0.25, -0.2) is 0 Å². The molecule has 494 valence electrons. The number of para-hydroxylation sites is 5. The van der Waals surface area contributed by atoms with Crippen LogP contribution in [0.15, 0.2) is 206 Å². The number of hydrogen-bond donors (Lipinski definition) is 0. The molecule has 0 atom stereocenters.